The molecule has 1 amide bonds. The number of hydrogen-bond acceptors (Lipinski definition) is 7. The topological polar surface area (TPSA) is 122 Å². The summed E-state index contributed by atoms with van der Waals surface area (Å²) >= 11 is 0. The number of aliphatic carboxylic acids is 1. The second-order valence-corrected chi connectivity index (χ2v) is 10.3. The number of piperazine rings is 1. The second kappa shape index (κ2) is 13.8. The van der Waals surface area contributed by atoms with E-state index in [2.05, 4.69) is 4.90 Å². The minimum absolute atomic E-state index is 0.0539. The quantitative estimate of drug-likeness (QED) is 0.306. The molecule has 1 heterocycles. The molecule has 1 fully saturated rings. The number of nitrogens with two attached hydrogens (primary N) is 1. The van der Waals surface area contributed by atoms with Crippen molar-refractivity contribution in [3.05, 3.63) is 35.4 Å². The first kappa shape index (κ1) is 27.5. The van der Waals surface area contributed by atoms with Crippen molar-refractivity contribution in [3.8, 4) is 0 Å². The normalized spacial score (nSPS) is 16.0. The fourth-order valence-electron chi connectivity index (χ4n) is 3.91. The summed E-state index contributed by atoms with van der Waals surface area (Å²) in [5.74, 6) is -0.813. The van der Waals surface area contributed by atoms with Gasteiger partial charge in [0.05, 0.1) is 25.4 Å². The molecule has 0 aromatic heterocycles. The Labute approximate surface area is 196 Å². The van der Waals surface area contributed by atoms with Gasteiger partial charge in [0, 0.05) is 32.6 Å². The van der Waals surface area contributed by atoms with Crippen molar-refractivity contribution >= 4 is 19.5 Å². The molecular weight excluding hydrogens is 445 g/mol. The van der Waals surface area contributed by atoms with Crippen molar-refractivity contribution in [1.82, 2.24) is 9.80 Å². The number of hydrogen-bond donors (Lipinski definition) is 2. The Kier molecular flexibility index (Phi) is 11.5. The molecule has 2 rings (SSSR count). The van der Waals surface area contributed by atoms with Gasteiger partial charge in [0.25, 0.3) is 0 Å². The van der Waals surface area contributed by atoms with Crippen LogP contribution in [0.1, 0.15) is 44.2 Å². The number of carbonyl (C=O) groups is 2. The number of unbranched alkanes of at least 4 members (excludes halogenated alkanes) is 1. The molecule has 1 atom stereocenters. The van der Waals surface area contributed by atoms with Gasteiger partial charge < -0.3 is 24.8 Å². The van der Waals surface area contributed by atoms with Crippen LogP contribution in [0.4, 0.5) is 0 Å². The summed E-state index contributed by atoms with van der Waals surface area (Å²) in [6, 6.07) is 6.94. The maximum Gasteiger partial charge on any atom is 0.335 e. The molecule has 1 saturated heterocycles. The molecule has 1 aromatic rings. The molecule has 1 aromatic carbocycles. The molecule has 186 valence electrons. The van der Waals surface area contributed by atoms with Crippen molar-refractivity contribution in [2.75, 3.05) is 45.9 Å². The summed E-state index contributed by atoms with van der Waals surface area (Å²) in [7, 11) is -3.15. The van der Waals surface area contributed by atoms with E-state index in [1.54, 1.807) is 13.8 Å². The molecule has 33 heavy (non-hydrogen) atoms. The van der Waals surface area contributed by atoms with Crippen molar-refractivity contribution in [2.24, 2.45) is 5.73 Å². The predicted octanol–water partition coefficient (Wildman–Crippen LogP) is 2.72. The van der Waals surface area contributed by atoms with E-state index in [0.717, 1.165) is 37.2 Å². The van der Waals surface area contributed by atoms with Gasteiger partial charge in [0.1, 0.15) is 0 Å². The summed E-state index contributed by atoms with van der Waals surface area (Å²) in [6.45, 7) is 7.90. The Hall–Kier alpha value is -1.77. The molecule has 0 unspecified atom stereocenters. The zero-order valence-electron chi connectivity index (χ0n) is 19.8. The molecule has 0 radical (unpaired) electrons. The first-order valence-electron chi connectivity index (χ1n) is 11.7. The Morgan fingerprint density at radius 2 is 1.61 bits per heavy atom. The highest BCUT2D eigenvalue weighted by atomic mass is 31.2. The molecule has 0 aliphatic carbocycles. The Morgan fingerprint density at radius 3 is 2.15 bits per heavy atom. The monoisotopic (exact) mass is 483 g/mol. The molecule has 0 saturated carbocycles. The molecule has 1 aliphatic heterocycles. The van der Waals surface area contributed by atoms with Crippen LogP contribution in [-0.2, 0) is 35.8 Å². The van der Waals surface area contributed by atoms with E-state index in [0.29, 0.717) is 39.1 Å². The highest BCUT2D eigenvalue weighted by Gasteiger charge is 2.26. The number of nitrogens with zero attached hydrogens (tertiary/aromatic N) is 2. The molecule has 3 N–H and O–H groups in total. The highest BCUT2D eigenvalue weighted by Crippen LogP contribution is 2.51. The van der Waals surface area contributed by atoms with E-state index in [-0.39, 0.29) is 18.5 Å². The van der Waals surface area contributed by atoms with Crippen LogP contribution in [0.3, 0.4) is 0 Å². The Bertz CT molecular complexity index is 786. The molecule has 1 aliphatic rings. The summed E-state index contributed by atoms with van der Waals surface area (Å²) in [6.07, 6.45) is 2.36. The van der Waals surface area contributed by atoms with Crippen molar-refractivity contribution in [1.29, 1.82) is 0 Å². The first-order valence-corrected chi connectivity index (χ1v) is 13.4. The number of rotatable bonds is 14. The third kappa shape index (κ3) is 9.55. The summed E-state index contributed by atoms with van der Waals surface area (Å²) in [5.41, 5.74) is 8.01. The lowest BCUT2D eigenvalue weighted by atomic mass is 10.0. The van der Waals surface area contributed by atoms with Crippen LogP contribution in [0.5, 0.6) is 0 Å². The fraction of sp³-hybridized carbons (Fsp3) is 0.652. The number of carboxylic acids is 1. The van der Waals surface area contributed by atoms with E-state index in [4.69, 9.17) is 19.9 Å². The van der Waals surface area contributed by atoms with Gasteiger partial charge in [-0.2, -0.15) is 0 Å². The van der Waals surface area contributed by atoms with Crippen LogP contribution in [0, 0.1) is 0 Å². The van der Waals surface area contributed by atoms with Gasteiger partial charge in [-0.3, -0.25) is 19.1 Å². The summed E-state index contributed by atoms with van der Waals surface area (Å²) in [4.78, 5) is 27.5. The maximum absolute atomic E-state index is 12.8. The molecule has 10 heteroatoms. The zero-order chi connectivity index (χ0) is 24.3. The van der Waals surface area contributed by atoms with Gasteiger partial charge in [-0.25, -0.2) is 0 Å². The number of amides is 1. The average Bonchev–Trinajstić information content (AvgIpc) is 2.78. The predicted molar refractivity (Wildman–Crippen MR) is 127 cm³/mol. The van der Waals surface area contributed by atoms with Gasteiger partial charge in [-0.1, -0.05) is 24.3 Å². The average molecular weight is 484 g/mol. The lowest BCUT2D eigenvalue weighted by Gasteiger charge is -2.36. The van der Waals surface area contributed by atoms with E-state index in [9.17, 15) is 14.2 Å². The maximum atomic E-state index is 12.8. The Balaban J connectivity index is 1.79. The zero-order valence-corrected chi connectivity index (χ0v) is 20.7. The van der Waals surface area contributed by atoms with E-state index in [1.807, 2.05) is 29.2 Å². The fourth-order valence-corrected chi connectivity index (χ4v) is 5.61. The van der Waals surface area contributed by atoms with Crippen LogP contribution in [-0.4, -0.2) is 78.8 Å². The number of carbonyl (C=O) groups excluding carboxylic acids is 1. The summed E-state index contributed by atoms with van der Waals surface area (Å²) in [5, 5.41) is 8.71. The highest BCUT2D eigenvalue weighted by molar-refractivity contribution is 7.53. The lowest BCUT2D eigenvalue weighted by molar-refractivity contribution is -0.137. The van der Waals surface area contributed by atoms with Crippen molar-refractivity contribution < 1.29 is 28.3 Å². The first-order chi connectivity index (χ1) is 15.8. The smallest absolute Gasteiger partial charge is 0.335 e. The third-order valence-electron chi connectivity index (χ3n) is 5.62. The third-order valence-corrected chi connectivity index (χ3v) is 7.68. The van der Waals surface area contributed by atoms with E-state index >= 15 is 0 Å². The van der Waals surface area contributed by atoms with Crippen molar-refractivity contribution in [3.63, 3.8) is 0 Å². The summed E-state index contributed by atoms with van der Waals surface area (Å²) < 4.78 is 23.4. The van der Waals surface area contributed by atoms with E-state index < -0.39 is 19.6 Å². The van der Waals surface area contributed by atoms with Crippen molar-refractivity contribution in [2.45, 2.75) is 51.7 Å². The molecule has 0 bridgehead atoms. The van der Waals surface area contributed by atoms with Crippen LogP contribution < -0.4 is 5.73 Å². The lowest BCUT2D eigenvalue weighted by Crippen LogP contribution is -2.53. The molecule has 0 spiro atoms. The number of benzene rings is 1. The standard InChI is InChI=1S/C23H38N3O6P/c1-3-31-33(30,32-4-2)18-20-10-8-19(9-11-20)17-21(24)23(29)26-15-13-25(14-16-26)12-6-5-7-22(27)28/h8-11,21H,3-7,12-18,24H2,1-2H3,(H,27,28)/t21-/m0/s1. The van der Waals surface area contributed by atoms with E-state index in [1.165, 1.54) is 0 Å². The Morgan fingerprint density at radius 1 is 1.03 bits per heavy atom. The minimum atomic E-state index is -3.15. The van der Waals surface area contributed by atoms with Crippen LogP contribution in [0.15, 0.2) is 24.3 Å². The molecular formula is C23H38N3O6P. The SMILES string of the molecule is CCOP(=O)(Cc1ccc(C[C@H](N)C(=O)N2CCN(CCCCC(=O)O)CC2)cc1)OCC. The largest absolute Gasteiger partial charge is 0.481 e. The molecule has 9 nitrogen and oxygen atoms in total. The van der Waals surface area contributed by atoms with Gasteiger partial charge in [-0.05, 0) is 50.8 Å². The van der Waals surface area contributed by atoms with Crippen LogP contribution in [0.25, 0.3) is 0 Å². The van der Waals surface area contributed by atoms with Crippen LogP contribution >= 0.6 is 7.60 Å². The second-order valence-electron chi connectivity index (χ2n) is 8.25. The van der Waals surface area contributed by atoms with Gasteiger partial charge in [-0.15, -0.1) is 0 Å². The van der Waals surface area contributed by atoms with Gasteiger partial charge >= 0.3 is 13.6 Å². The number of carboxylic acid groups (broad SMARTS) is 1. The van der Waals surface area contributed by atoms with Gasteiger partial charge in [0.2, 0.25) is 5.91 Å². The minimum Gasteiger partial charge on any atom is -0.481 e. The van der Waals surface area contributed by atoms with Gasteiger partial charge in [0.15, 0.2) is 0 Å². The van der Waals surface area contributed by atoms with Crippen LogP contribution in [0.2, 0.25) is 0 Å².